The van der Waals surface area contributed by atoms with Gasteiger partial charge < -0.3 is 25.0 Å². The van der Waals surface area contributed by atoms with E-state index in [4.69, 9.17) is 31.3 Å². The molecule has 0 aromatic heterocycles. The predicted molar refractivity (Wildman–Crippen MR) is 96.1 cm³/mol. The van der Waals surface area contributed by atoms with Crippen molar-refractivity contribution < 1.29 is 24.5 Å². The highest BCUT2D eigenvalue weighted by molar-refractivity contribution is 6.30. The van der Waals surface area contributed by atoms with E-state index in [1.807, 2.05) is 19.2 Å². The largest absolute Gasteiger partial charge is 0.459 e. The Morgan fingerprint density at radius 1 is 1.44 bits per heavy atom. The lowest BCUT2D eigenvalue weighted by molar-refractivity contribution is -0.127. The summed E-state index contributed by atoms with van der Waals surface area (Å²) in [5, 5.41) is 19.8. The number of carbonyl (C=O) groups excluding carboxylic acids is 1. The van der Waals surface area contributed by atoms with Crippen LogP contribution in [-0.2, 0) is 9.47 Å². The highest BCUT2D eigenvalue weighted by atomic mass is 35.5. The fraction of sp³-hybridized carbons (Fsp3) is 0.500. The van der Waals surface area contributed by atoms with Crippen LogP contribution >= 0.6 is 11.6 Å². The highest BCUT2D eigenvalue weighted by Gasteiger charge is 2.25. The lowest BCUT2D eigenvalue weighted by atomic mass is 10.2. The maximum Gasteiger partial charge on any atom is 0.338 e. The quantitative estimate of drug-likeness (QED) is 0.545. The summed E-state index contributed by atoms with van der Waals surface area (Å²) in [5.41, 5.74) is 0.457. The van der Waals surface area contributed by atoms with Gasteiger partial charge in [0.1, 0.15) is 12.8 Å². The standard InChI is InChI=1S/C15H18ClNO3.C3H8O2/c1-2-8-17-14-7-6-13(20-14)10-19-15(18)11-4-3-5-12(16)9-11;1-3(2,4)5/h2-5,8-9,13-14,17H,6-7,10H2,1H3;4-5H,1-2H3/b8-2-;. The van der Waals surface area contributed by atoms with Crippen molar-refractivity contribution in [3.8, 4) is 0 Å². The van der Waals surface area contributed by atoms with Gasteiger partial charge in [-0.3, -0.25) is 0 Å². The first-order valence-electron chi connectivity index (χ1n) is 8.09. The number of ether oxygens (including phenoxy) is 2. The highest BCUT2D eigenvalue weighted by Crippen LogP contribution is 2.19. The lowest BCUT2D eigenvalue weighted by Gasteiger charge is -2.14. The number of halogens is 1. The molecule has 0 aliphatic carbocycles. The first kappa shape index (κ1) is 21.4. The Kier molecular flexibility index (Phi) is 8.92. The van der Waals surface area contributed by atoms with Crippen LogP contribution in [0.4, 0.5) is 0 Å². The number of hydrogen-bond donors (Lipinski definition) is 3. The Hall–Kier alpha value is -1.60. The number of allylic oxidation sites excluding steroid dienone is 1. The van der Waals surface area contributed by atoms with E-state index < -0.39 is 5.79 Å². The molecule has 1 aromatic rings. The van der Waals surface area contributed by atoms with Gasteiger partial charge in [-0.05, 0) is 58.0 Å². The molecule has 1 aliphatic rings. The maximum absolute atomic E-state index is 11.8. The molecule has 1 heterocycles. The van der Waals surface area contributed by atoms with Crippen molar-refractivity contribution >= 4 is 17.6 Å². The van der Waals surface area contributed by atoms with Crippen molar-refractivity contribution in [3.05, 3.63) is 47.1 Å². The summed E-state index contributed by atoms with van der Waals surface area (Å²) in [5.74, 6) is -1.87. The third-order valence-corrected chi connectivity index (χ3v) is 3.25. The summed E-state index contributed by atoms with van der Waals surface area (Å²) in [6.07, 6.45) is 5.49. The smallest absolute Gasteiger partial charge is 0.338 e. The minimum Gasteiger partial charge on any atom is -0.459 e. The number of benzene rings is 1. The Labute approximate surface area is 153 Å². The zero-order chi connectivity index (χ0) is 18.9. The Bertz CT molecular complexity index is 565. The van der Waals surface area contributed by atoms with Gasteiger partial charge in [0.05, 0.1) is 11.7 Å². The van der Waals surface area contributed by atoms with E-state index in [9.17, 15) is 4.79 Å². The summed E-state index contributed by atoms with van der Waals surface area (Å²) in [4.78, 5) is 11.8. The summed E-state index contributed by atoms with van der Waals surface area (Å²) in [6, 6.07) is 6.72. The van der Waals surface area contributed by atoms with Crippen molar-refractivity contribution in [2.24, 2.45) is 0 Å². The first-order valence-corrected chi connectivity index (χ1v) is 8.47. The number of hydrogen-bond acceptors (Lipinski definition) is 6. The average Bonchev–Trinajstić information content (AvgIpc) is 2.97. The van der Waals surface area contributed by atoms with Crippen LogP contribution in [0.1, 0.15) is 44.0 Å². The van der Waals surface area contributed by atoms with E-state index in [-0.39, 0.29) is 24.9 Å². The van der Waals surface area contributed by atoms with Gasteiger partial charge in [0, 0.05) is 5.02 Å². The molecule has 1 fully saturated rings. The van der Waals surface area contributed by atoms with E-state index in [1.165, 1.54) is 13.8 Å². The molecule has 0 saturated carbocycles. The van der Waals surface area contributed by atoms with E-state index in [0.29, 0.717) is 10.6 Å². The second-order valence-corrected chi connectivity index (χ2v) is 6.53. The van der Waals surface area contributed by atoms with E-state index in [2.05, 4.69) is 5.32 Å². The van der Waals surface area contributed by atoms with Gasteiger partial charge in [0.2, 0.25) is 0 Å². The Morgan fingerprint density at radius 3 is 2.72 bits per heavy atom. The number of rotatable bonds is 5. The van der Waals surface area contributed by atoms with Gasteiger partial charge in [0.15, 0.2) is 5.79 Å². The molecule has 1 saturated heterocycles. The van der Waals surface area contributed by atoms with Gasteiger partial charge >= 0.3 is 5.97 Å². The van der Waals surface area contributed by atoms with Gasteiger partial charge in [-0.15, -0.1) is 0 Å². The predicted octanol–water partition coefficient (Wildman–Crippen LogP) is 2.83. The molecule has 2 rings (SSSR count). The average molecular weight is 372 g/mol. The number of nitrogens with one attached hydrogen (secondary N) is 1. The van der Waals surface area contributed by atoms with Crippen LogP contribution < -0.4 is 5.32 Å². The molecule has 1 aromatic carbocycles. The Morgan fingerprint density at radius 2 is 2.12 bits per heavy atom. The SMILES string of the molecule is C/C=C\NC1CCC(COC(=O)c2cccc(Cl)c2)O1.CC(C)(O)O. The molecule has 25 heavy (non-hydrogen) atoms. The molecule has 6 nitrogen and oxygen atoms in total. The summed E-state index contributed by atoms with van der Waals surface area (Å²) in [6.45, 7) is 4.80. The first-order chi connectivity index (χ1) is 11.7. The van der Waals surface area contributed by atoms with Crippen molar-refractivity contribution in [2.75, 3.05) is 6.61 Å². The van der Waals surface area contributed by atoms with Crippen molar-refractivity contribution in [2.45, 2.75) is 51.7 Å². The van der Waals surface area contributed by atoms with Crippen molar-refractivity contribution in [1.29, 1.82) is 0 Å². The van der Waals surface area contributed by atoms with Crippen LogP contribution in [0.15, 0.2) is 36.5 Å². The summed E-state index contributed by atoms with van der Waals surface area (Å²) >= 11 is 5.84. The summed E-state index contributed by atoms with van der Waals surface area (Å²) in [7, 11) is 0. The van der Waals surface area contributed by atoms with Crippen LogP contribution in [0.5, 0.6) is 0 Å². The van der Waals surface area contributed by atoms with Crippen molar-refractivity contribution in [3.63, 3.8) is 0 Å². The Balaban J connectivity index is 0.000000550. The molecule has 1 aliphatic heterocycles. The summed E-state index contributed by atoms with van der Waals surface area (Å²) < 4.78 is 11.0. The van der Waals surface area contributed by atoms with Crippen molar-refractivity contribution in [1.82, 2.24) is 5.32 Å². The normalized spacial score (nSPS) is 20.1. The van der Waals surface area contributed by atoms with E-state index in [1.54, 1.807) is 24.3 Å². The van der Waals surface area contributed by atoms with Gasteiger partial charge in [-0.2, -0.15) is 0 Å². The number of carbonyl (C=O) groups is 1. The number of esters is 1. The zero-order valence-electron chi connectivity index (χ0n) is 14.7. The van der Waals surface area contributed by atoms with E-state index >= 15 is 0 Å². The third kappa shape index (κ3) is 10.1. The fourth-order valence-electron chi connectivity index (χ4n) is 2.02. The lowest BCUT2D eigenvalue weighted by Crippen LogP contribution is -2.26. The molecule has 2 unspecified atom stereocenters. The molecule has 0 amide bonds. The molecular weight excluding hydrogens is 346 g/mol. The molecule has 0 spiro atoms. The second-order valence-electron chi connectivity index (χ2n) is 6.09. The minimum atomic E-state index is -1.50. The van der Waals surface area contributed by atoms with Gasteiger partial charge in [-0.1, -0.05) is 23.7 Å². The topological polar surface area (TPSA) is 88.0 Å². The van der Waals surface area contributed by atoms with Crippen LogP contribution in [0.3, 0.4) is 0 Å². The van der Waals surface area contributed by atoms with Crippen LogP contribution in [-0.4, -0.2) is 40.9 Å². The van der Waals surface area contributed by atoms with E-state index in [0.717, 1.165) is 12.8 Å². The van der Waals surface area contributed by atoms with Crippen LogP contribution in [0.2, 0.25) is 5.02 Å². The monoisotopic (exact) mass is 371 g/mol. The van der Waals surface area contributed by atoms with Gasteiger partial charge in [0.25, 0.3) is 0 Å². The van der Waals surface area contributed by atoms with Crippen LogP contribution in [0.25, 0.3) is 0 Å². The molecule has 3 N–H and O–H groups in total. The molecular formula is C18H26ClNO5. The zero-order valence-corrected chi connectivity index (χ0v) is 15.5. The van der Waals surface area contributed by atoms with Crippen LogP contribution in [0, 0.1) is 0 Å². The third-order valence-electron chi connectivity index (χ3n) is 3.02. The molecule has 7 heteroatoms. The minimum absolute atomic E-state index is 0.000992. The van der Waals surface area contributed by atoms with Gasteiger partial charge in [-0.25, -0.2) is 4.79 Å². The molecule has 0 radical (unpaired) electrons. The molecule has 2 atom stereocenters. The molecule has 0 bridgehead atoms. The maximum atomic E-state index is 11.8. The molecule has 140 valence electrons. The fourth-order valence-corrected chi connectivity index (χ4v) is 2.21. The second kappa shape index (κ2) is 10.4. The number of aliphatic hydroxyl groups is 2.